The summed E-state index contributed by atoms with van der Waals surface area (Å²) in [6, 6.07) is 34.6. The Morgan fingerprint density at radius 2 is 1.06 bits per heavy atom. The summed E-state index contributed by atoms with van der Waals surface area (Å²) in [5.74, 6) is -2.81. The van der Waals surface area contributed by atoms with Gasteiger partial charge in [-0.25, -0.2) is 4.79 Å². The van der Waals surface area contributed by atoms with Gasteiger partial charge in [0.1, 0.15) is 12.3 Å². The second-order valence-electron chi connectivity index (χ2n) is 18.8. The van der Waals surface area contributed by atoms with Gasteiger partial charge in [0.25, 0.3) is 0 Å². The second kappa shape index (κ2) is 23.3. The maximum absolute atomic E-state index is 12.9. The van der Waals surface area contributed by atoms with Crippen molar-refractivity contribution in [1.29, 1.82) is 0 Å². The number of nitrogens with one attached hydrogen (secondary N) is 2. The SMILES string of the molecule is CC(=O)CNC(=O)[C@@H](Cc1ccccc1)CN1CC[C@@](C)(c2cccc(C(N)=O)c2)[C@@H](C)C1.C[C@H]1CN(C[C@H](Cc2ccccc2)C(=O)NCC(=O)O)CC[C@@]1(C)c1cccc(C(=O)O)c1. The number of hydrogen-bond donors (Lipinski definition) is 5. The lowest BCUT2D eigenvalue weighted by atomic mass is 9.67. The van der Waals surface area contributed by atoms with Crippen molar-refractivity contribution in [3.63, 3.8) is 0 Å². The molecule has 352 valence electrons. The zero-order valence-electron chi connectivity index (χ0n) is 39.0. The van der Waals surface area contributed by atoms with E-state index in [9.17, 15) is 33.9 Å². The lowest BCUT2D eigenvalue weighted by Crippen LogP contribution is -2.50. The van der Waals surface area contributed by atoms with Crippen molar-refractivity contribution in [2.45, 2.75) is 71.1 Å². The van der Waals surface area contributed by atoms with Crippen molar-refractivity contribution in [2.75, 3.05) is 52.4 Å². The zero-order valence-corrected chi connectivity index (χ0v) is 39.0. The number of rotatable bonds is 18. The van der Waals surface area contributed by atoms with Gasteiger partial charge in [0.2, 0.25) is 17.7 Å². The van der Waals surface area contributed by atoms with Crippen LogP contribution in [0.4, 0.5) is 0 Å². The molecule has 6 N–H and O–H groups in total. The van der Waals surface area contributed by atoms with Crippen molar-refractivity contribution in [3.8, 4) is 0 Å². The number of Topliss-reactive ketones (excluding diaryl/α,β-unsaturated/α-hetero) is 1. The molecule has 0 unspecified atom stereocenters. The van der Waals surface area contributed by atoms with E-state index in [2.05, 4.69) is 54.2 Å². The van der Waals surface area contributed by atoms with Crippen molar-refractivity contribution < 1.29 is 39.0 Å². The number of hydrogen-bond acceptors (Lipinski definition) is 8. The van der Waals surface area contributed by atoms with Crippen molar-refractivity contribution in [2.24, 2.45) is 29.4 Å². The summed E-state index contributed by atoms with van der Waals surface area (Å²) in [7, 11) is 0. The van der Waals surface area contributed by atoms with Crippen LogP contribution < -0.4 is 16.4 Å². The molecule has 2 heterocycles. The Morgan fingerprint density at radius 1 is 0.636 bits per heavy atom. The van der Waals surface area contributed by atoms with E-state index in [1.165, 1.54) is 6.92 Å². The molecule has 2 aliphatic heterocycles. The molecule has 2 fully saturated rings. The fraction of sp³-hybridized carbons (Fsp3) is 0.434. The van der Waals surface area contributed by atoms with Crippen LogP contribution in [0.3, 0.4) is 0 Å². The Morgan fingerprint density at radius 3 is 1.45 bits per heavy atom. The van der Waals surface area contributed by atoms with Crippen LogP contribution >= 0.6 is 0 Å². The number of carboxylic acid groups (broad SMARTS) is 2. The van der Waals surface area contributed by atoms with E-state index in [4.69, 9.17) is 10.8 Å². The van der Waals surface area contributed by atoms with E-state index in [-0.39, 0.29) is 52.7 Å². The molecular formula is C53H67N5O8. The largest absolute Gasteiger partial charge is 0.480 e. The molecule has 0 radical (unpaired) electrons. The molecule has 6 atom stereocenters. The minimum absolute atomic E-state index is 0.0534. The molecule has 4 aromatic carbocycles. The van der Waals surface area contributed by atoms with Gasteiger partial charge in [-0.15, -0.1) is 0 Å². The maximum Gasteiger partial charge on any atom is 0.335 e. The highest BCUT2D eigenvalue weighted by molar-refractivity contribution is 5.93. The number of nitrogens with zero attached hydrogens (tertiary/aromatic N) is 2. The average molecular weight is 902 g/mol. The molecule has 4 aromatic rings. The third-order valence-corrected chi connectivity index (χ3v) is 14.0. The van der Waals surface area contributed by atoms with Gasteiger partial charge in [-0.3, -0.25) is 24.0 Å². The average Bonchev–Trinajstić information content (AvgIpc) is 3.30. The Hall–Kier alpha value is -6.18. The third-order valence-electron chi connectivity index (χ3n) is 14.0. The smallest absolute Gasteiger partial charge is 0.335 e. The van der Waals surface area contributed by atoms with E-state index in [1.54, 1.807) is 24.3 Å². The topological polar surface area (TPSA) is 199 Å². The molecule has 13 nitrogen and oxygen atoms in total. The molecule has 2 saturated heterocycles. The van der Waals surface area contributed by atoms with E-state index in [0.29, 0.717) is 43.0 Å². The Kier molecular flexibility index (Phi) is 18.0. The highest BCUT2D eigenvalue weighted by Crippen LogP contribution is 2.41. The number of ketones is 1. The number of benzene rings is 4. The monoisotopic (exact) mass is 901 g/mol. The number of nitrogens with two attached hydrogens (primary N) is 1. The third kappa shape index (κ3) is 13.9. The highest BCUT2D eigenvalue weighted by Gasteiger charge is 2.40. The van der Waals surface area contributed by atoms with Crippen LogP contribution in [0.2, 0.25) is 0 Å². The molecule has 0 aliphatic carbocycles. The lowest BCUT2D eigenvalue weighted by molar-refractivity contribution is -0.138. The number of piperidine rings is 2. The molecule has 0 spiro atoms. The van der Waals surface area contributed by atoms with Gasteiger partial charge in [0.15, 0.2) is 0 Å². The van der Waals surface area contributed by atoms with Crippen LogP contribution in [0.5, 0.6) is 0 Å². The van der Waals surface area contributed by atoms with Gasteiger partial charge in [-0.1, -0.05) is 113 Å². The first kappa shape index (κ1) is 50.8. The quantitative estimate of drug-likeness (QED) is 0.0791. The number of carbonyl (C=O) groups excluding carboxylic acids is 4. The normalized spacial score (nSPS) is 21.8. The first-order valence-corrected chi connectivity index (χ1v) is 22.9. The highest BCUT2D eigenvalue weighted by atomic mass is 16.4. The number of aliphatic carboxylic acids is 1. The van der Waals surface area contributed by atoms with E-state index < -0.39 is 24.4 Å². The fourth-order valence-electron chi connectivity index (χ4n) is 9.42. The summed E-state index contributed by atoms with van der Waals surface area (Å²) < 4.78 is 0. The van der Waals surface area contributed by atoms with Crippen LogP contribution in [0.15, 0.2) is 109 Å². The zero-order chi connectivity index (χ0) is 48.0. The molecule has 3 amide bonds. The molecule has 0 bridgehead atoms. The first-order valence-electron chi connectivity index (χ1n) is 22.9. The summed E-state index contributed by atoms with van der Waals surface area (Å²) in [4.78, 5) is 75.7. The molecule has 0 aromatic heterocycles. The van der Waals surface area contributed by atoms with Gasteiger partial charge in [-0.05, 0) is 115 Å². The number of aromatic carboxylic acids is 1. The predicted molar refractivity (Wildman–Crippen MR) is 255 cm³/mol. The van der Waals surface area contributed by atoms with E-state index in [0.717, 1.165) is 61.3 Å². The Bertz CT molecular complexity index is 2150. The number of amides is 3. The summed E-state index contributed by atoms with van der Waals surface area (Å²) >= 11 is 0. The molecule has 2 aliphatic rings. The van der Waals surface area contributed by atoms with Crippen molar-refractivity contribution >= 4 is 35.4 Å². The van der Waals surface area contributed by atoms with Crippen LogP contribution in [-0.2, 0) is 42.8 Å². The van der Waals surface area contributed by atoms with Gasteiger partial charge in [-0.2, -0.15) is 0 Å². The summed E-state index contributed by atoms with van der Waals surface area (Å²) in [5, 5.41) is 23.7. The number of likely N-dealkylation sites (tertiary alicyclic amines) is 2. The van der Waals surface area contributed by atoms with Crippen molar-refractivity contribution in [1.82, 2.24) is 20.4 Å². The van der Waals surface area contributed by atoms with E-state index in [1.807, 2.05) is 78.9 Å². The fourth-order valence-corrected chi connectivity index (χ4v) is 9.42. The maximum atomic E-state index is 12.9. The predicted octanol–water partition coefficient (Wildman–Crippen LogP) is 5.99. The number of carbonyl (C=O) groups is 6. The number of carboxylic acids is 2. The summed E-state index contributed by atoms with van der Waals surface area (Å²) in [6.45, 7) is 14.4. The molecule has 13 heteroatoms. The Labute approximate surface area is 389 Å². The van der Waals surface area contributed by atoms with Crippen LogP contribution in [0.1, 0.15) is 90.4 Å². The minimum atomic E-state index is -1.06. The first-order chi connectivity index (χ1) is 31.4. The molecule has 66 heavy (non-hydrogen) atoms. The molecular weight excluding hydrogens is 835 g/mol. The van der Waals surface area contributed by atoms with Gasteiger partial charge >= 0.3 is 11.9 Å². The minimum Gasteiger partial charge on any atom is -0.480 e. The molecule has 0 saturated carbocycles. The lowest BCUT2D eigenvalue weighted by Gasteiger charge is -2.46. The van der Waals surface area contributed by atoms with E-state index >= 15 is 0 Å². The summed E-state index contributed by atoms with van der Waals surface area (Å²) in [5.41, 5.74) is 10.4. The van der Waals surface area contributed by atoms with Crippen molar-refractivity contribution in [3.05, 3.63) is 143 Å². The van der Waals surface area contributed by atoms with Crippen LogP contribution in [0.25, 0.3) is 0 Å². The van der Waals surface area contributed by atoms with Crippen LogP contribution in [-0.4, -0.2) is 108 Å². The summed E-state index contributed by atoms with van der Waals surface area (Å²) in [6.07, 6.45) is 2.93. The van der Waals surface area contributed by atoms with Crippen LogP contribution in [0, 0.1) is 23.7 Å². The molecule has 6 rings (SSSR count). The van der Waals surface area contributed by atoms with Gasteiger partial charge < -0.3 is 36.4 Å². The number of primary amides is 1. The van der Waals surface area contributed by atoms with Gasteiger partial charge in [0, 0.05) is 31.7 Å². The second-order valence-corrected chi connectivity index (χ2v) is 18.8. The Balaban J connectivity index is 0.000000247. The standard InChI is InChI=1S/C27H35N3O3.C26H32N2O5/c1-19-17-30(13-12-27(19,3)24-11-7-10-22(15-24)25(28)32)18-23(26(33)29-16-20(2)31)14-21-8-5-4-6-9-21;1-18-16-28(12-11-26(18,2)22-10-6-9-20(14-22)25(32)33)17-21(24(31)27-15-23(29)30)13-19-7-4-3-5-8-19/h4-11,15,19,23H,12-14,16-18H2,1-3H3,(H2,28,32)(H,29,33);3-10,14,18,21H,11-13,15-17H2,1-2H3,(H,27,31)(H,29,30)(H,32,33)/t19-,23-,27+;18-,21-,26+/m00/s1. The van der Waals surface area contributed by atoms with Gasteiger partial charge in [0.05, 0.1) is 23.9 Å².